The summed E-state index contributed by atoms with van der Waals surface area (Å²) in [5, 5.41) is 17.4. The van der Waals surface area contributed by atoms with Crippen LogP contribution in [0.1, 0.15) is 11.3 Å². The van der Waals surface area contributed by atoms with Gasteiger partial charge in [-0.05, 0) is 25.6 Å². The van der Waals surface area contributed by atoms with E-state index in [2.05, 4.69) is 21.5 Å². The second-order valence-corrected chi connectivity index (χ2v) is 3.78. The second kappa shape index (κ2) is 4.59. The van der Waals surface area contributed by atoms with Gasteiger partial charge in [0.1, 0.15) is 0 Å². The minimum absolute atomic E-state index is 0.0795. The quantitative estimate of drug-likeness (QED) is 0.785. The molecule has 0 amide bonds. The Balaban J connectivity index is 2.48. The lowest BCUT2D eigenvalue weighted by Gasteiger charge is -2.01. The fourth-order valence-electron chi connectivity index (χ4n) is 1.81. The Labute approximate surface area is 94.1 Å². The van der Waals surface area contributed by atoms with Gasteiger partial charge in [0.15, 0.2) is 5.65 Å². The normalized spacial score (nSPS) is 11.2. The Morgan fingerprint density at radius 1 is 1.50 bits per heavy atom. The summed E-state index contributed by atoms with van der Waals surface area (Å²) in [6.45, 7) is 3.33. The summed E-state index contributed by atoms with van der Waals surface area (Å²) in [5.74, 6) is 0. The van der Waals surface area contributed by atoms with Crippen molar-refractivity contribution < 1.29 is 5.11 Å². The molecule has 2 aromatic heterocycles. The molecule has 2 heterocycles. The van der Waals surface area contributed by atoms with Crippen molar-refractivity contribution in [1.29, 1.82) is 0 Å². The Morgan fingerprint density at radius 3 is 3.00 bits per heavy atom. The van der Waals surface area contributed by atoms with Crippen LogP contribution in [-0.2, 0) is 13.1 Å². The van der Waals surface area contributed by atoms with Crippen LogP contribution < -0.4 is 5.32 Å². The maximum atomic E-state index is 8.93. The van der Waals surface area contributed by atoms with Crippen molar-refractivity contribution >= 4 is 11.0 Å². The van der Waals surface area contributed by atoms with E-state index in [1.807, 2.05) is 20.2 Å². The number of nitrogens with zero attached hydrogens (tertiary/aromatic N) is 3. The van der Waals surface area contributed by atoms with Gasteiger partial charge in [-0.15, -0.1) is 0 Å². The average Bonchev–Trinajstić information content (AvgIpc) is 2.57. The zero-order chi connectivity index (χ0) is 11.5. The fourth-order valence-corrected chi connectivity index (χ4v) is 1.81. The highest BCUT2D eigenvalue weighted by molar-refractivity contribution is 5.78. The number of aliphatic hydroxyl groups excluding tert-OH is 1. The lowest BCUT2D eigenvalue weighted by atomic mass is 10.2. The van der Waals surface area contributed by atoms with Gasteiger partial charge in [-0.1, -0.05) is 0 Å². The molecule has 0 unspecified atom stereocenters. The van der Waals surface area contributed by atoms with Crippen molar-refractivity contribution in [3.05, 3.63) is 23.5 Å². The lowest BCUT2D eigenvalue weighted by molar-refractivity contribution is 0.271. The predicted octanol–water partition coefficient (Wildman–Crippen LogP) is 0.451. The standard InChI is InChI=1S/C11H16N4O/c1-8-10-5-9(6-12-2)7-13-11(10)15(14-8)3-4-16/h5,7,12,16H,3-4,6H2,1-2H3. The molecule has 0 aliphatic heterocycles. The van der Waals surface area contributed by atoms with E-state index >= 15 is 0 Å². The van der Waals surface area contributed by atoms with Crippen LogP contribution in [0.25, 0.3) is 11.0 Å². The zero-order valence-corrected chi connectivity index (χ0v) is 9.56. The van der Waals surface area contributed by atoms with Gasteiger partial charge in [0.2, 0.25) is 0 Å². The number of aryl methyl sites for hydroxylation is 1. The third-order valence-corrected chi connectivity index (χ3v) is 2.52. The molecule has 0 fully saturated rings. The van der Waals surface area contributed by atoms with Crippen LogP contribution in [0, 0.1) is 6.92 Å². The molecule has 0 radical (unpaired) electrons. The van der Waals surface area contributed by atoms with Crippen molar-refractivity contribution in [3.8, 4) is 0 Å². The van der Waals surface area contributed by atoms with E-state index in [0.29, 0.717) is 6.54 Å². The largest absolute Gasteiger partial charge is 0.394 e. The highest BCUT2D eigenvalue weighted by Crippen LogP contribution is 2.17. The molecule has 0 aromatic carbocycles. The minimum Gasteiger partial charge on any atom is -0.394 e. The molecule has 16 heavy (non-hydrogen) atoms. The number of aliphatic hydroxyl groups is 1. The van der Waals surface area contributed by atoms with Gasteiger partial charge in [0.05, 0.1) is 18.8 Å². The monoisotopic (exact) mass is 220 g/mol. The third-order valence-electron chi connectivity index (χ3n) is 2.52. The number of rotatable bonds is 4. The van der Waals surface area contributed by atoms with Crippen LogP contribution in [0.15, 0.2) is 12.3 Å². The number of fused-ring (bicyclic) bond motifs is 1. The van der Waals surface area contributed by atoms with Crippen molar-refractivity contribution in [2.24, 2.45) is 0 Å². The molecule has 5 nitrogen and oxygen atoms in total. The van der Waals surface area contributed by atoms with Crippen molar-refractivity contribution in [2.75, 3.05) is 13.7 Å². The van der Waals surface area contributed by atoms with E-state index < -0.39 is 0 Å². The Kier molecular flexibility index (Phi) is 3.17. The van der Waals surface area contributed by atoms with Gasteiger partial charge in [-0.25, -0.2) is 9.67 Å². The average molecular weight is 220 g/mol. The molecular formula is C11H16N4O. The summed E-state index contributed by atoms with van der Waals surface area (Å²) in [4.78, 5) is 4.39. The number of pyridine rings is 1. The molecule has 0 saturated carbocycles. The minimum atomic E-state index is 0.0795. The van der Waals surface area contributed by atoms with E-state index in [1.54, 1.807) is 4.68 Å². The molecular weight excluding hydrogens is 204 g/mol. The zero-order valence-electron chi connectivity index (χ0n) is 9.56. The maximum absolute atomic E-state index is 8.93. The van der Waals surface area contributed by atoms with Crippen LogP contribution >= 0.6 is 0 Å². The molecule has 2 aromatic rings. The lowest BCUT2D eigenvalue weighted by Crippen LogP contribution is -2.06. The fraction of sp³-hybridized carbons (Fsp3) is 0.455. The molecule has 0 aliphatic carbocycles. The first-order chi connectivity index (χ1) is 7.76. The van der Waals surface area contributed by atoms with E-state index in [1.165, 1.54) is 0 Å². The molecule has 0 bridgehead atoms. The van der Waals surface area contributed by atoms with Crippen molar-refractivity contribution in [2.45, 2.75) is 20.0 Å². The summed E-state index contributed by atoms with van der Waals surface area (Å²) in [6, 6.07) is 2.09. The van der Waals surface area contributed by atoms with Crippen LogP contribution in [0.2, 0.25) is 0 Å². The highest BCUT2D eigenvalue weighted by atomic mass is 16.3. The molecule has 0 saturated heterocycles. The van der Waals surface area contributed by atoms with Gasteiger partial charge >= 0.3 is 0 Å². The SMILES string of the molecule is CNCc1cnc2c(c1)c(C)nn2CCO. The summed E-state index contributed by atoms with van der Waals surface area (Å²) in [7, 11) is 1.91. The van der Waals surface area contributed by atoms with E-state index in [0.717, 1.165) is 28.8 Å². The van der Waals surface area contributed by atoms with Crippen molar-refractivity contribution in [1.82, 2.24) is 20.1 Å². The van der Waals surface area contributed by atoms with Gasteiger partial charge in [-0.2, -0.15) is 5.10 Å². The van der Waals surface area contributed by atoms with E-state index in [4.69, 9.17) is 5.11 Å². The van der Waals surface area contributed by atoms with Gasteiger partial charge in [0.25, 0.3) is 0 Å². The van der Waals surface area contributed by atoms with Crippen LogP contribution in [-0.4, -0.2) is 33.5 Å². The van der Waals surface area contributed by atoms with Crippen molar-refractivity contribution in [3.63, 3.8) is 0 Å². The summed E-state index contributed by atoms with van der Waals surface area (Å²) >= 11 is 0. The van der Waals surface area contributed by atoms with E-state index in [-0.39, 0.29) is 6.61 Å². The molecule has 5 heteroatoms. The van der Waals surface area contributed by atoms with Crippen LogP contribution in [0.5, 0.6) is 0 Å². The topological polar surface area (TPSA) is 63.0 Å². The maximum Gasteiger partial charge on any atom is 0.158 e. The van der Waals surface area contributed by atoms with Gasteiger partial charge < -0.3 is 10.4 Å². The molecule has 2 N–H and O–H groups in total. The number of hydrogen-bond acceptors (Lipinski definition) is 4. The number of aromatic nitrogens is 3. The predicted molar refractivity (Wildman–Crippen MR) is 62.1 cm³/mol. The first kappa shape index (κ1) is 11.0. The first-order valence-corrected chi connectivity index (χ1v) is 5.33. The molecule has 86 valence electrons. The highest BCUT2D eigenvalue weighted by Gasteiger charge is 2.08. The van der Waals surface area contributed by atoms with E-state index in [9.17, 15) is 0 Å². The first-order valence-electron chi connectivity index (χ1n) is 5.33. The molecule has 2 rings (SSSR count). The summed E-state index contributed by atoms with van der Waals surface area (Å²) < 4.78 is 1.74. The molecule has 0 atom stereocenters. The Bertz CT molecular complexity index is 492. The summed E-state index contributed by atoms with van der Waals surface area (Å²) in [6.07, 6.45) is 1.84. The van der Waals surface area contributed by atoms with Crippen LogP contribution in [0.3, 0.4) is 0 Å². The Morgan fingerprint density at radius 2 is 2.31 bits per heavy atom. The Hall–Kier alpha value is -1.46. The number of hydrogen-bond donors (Lipinski definition) is 2. The molecule has 0 spiro atoms. The third kappa shape index (κ3) is 1.91. The molecule has 0 aliphatic rings. The number of nitrogens with one attached hydrogen (secondary N) is 1. The van der Waals surface area contributed by atoms with Gasteiger partial charge in [-0.3, -0.25) is 0 Å². The smallest absolute Gasteiger partial charge is 0.158 e. The van der Waals surface area contributed by atoms with Gasteiger partial charge in [0, 0.05) is 18.1 Å². The summed E-state index contributed by atoms with van der Waals surface area (Å²) in [5.41, 5.74) is 2.93. The van der Waals surface area contributed by atoms with Crippen LogP contribution in [0.4, 0.5) is 0 Å². The second-order valence-electron chi connectivity index (χ2n) is 3.78.